The van der Waals surface area contributed by atoms with E-state index in [0.29, 0.717) is 0 Å². The molecule has 1 aromatic rings. The molecule has 27 heavy (non-hydrogen) atoms. The highest BCUT2D eigenvalue weighted by Gasteiger charge is 2.21. The number of amides is 3. The van der Waals surface area contributed by atoms with E-state index in [2.05, 4.69) is 10.6 Å². The maximum absolute atomic E-state index is 12.0. The van der Waals surface area contributed by atoms with Crippen LogP contribution in [0.2, 0.25) is 0 Å². The van der Waals surface area contributed by atoms with Crippen molar-refractivity contribution in [2.75, 3.05) is 20.1 Å². The Bertz CT molecular complexity index is 628. The van der Waals surface area contributed by atoms with Crippen LogP contribution in [0.15, 0.2) is 30.3 Å². The first-order valence-electron chi connectivity index (χ1n) is 8.72. The molecule has 0 aliphatic carbocycles. The van der Waals surface area contributed by atoms with Crippen molar-refractivity contribution < 1.29 is 23.9 Å². The monoisotopic (exact) mass is 379 g/mol. The molecule has 1 aromatic carbocycles. The fourth-order valence-electron chi connectivity index (χ4n) is 2.08. The van der Waals surface area contributed by atoms with Crippen LogP contribution in [0.4, 0.5) is 9.59 Å². The lowest BCUT2D eigenvalue weighted by molar-refractivity contribution is -0.127. The summed E-state index contributed by atoms with van der Waals surface area (Å²) < 4.78 is 10.4. The van der Waals surface area contributed by atoms with Gasteiger partial charge in [0.05, 0.1) is 6.04 Å². The maximum Gasteiger partial charge on any atom is 0.407 e. The summed E-state index contributed by atoms with van der Waals surface area (Å²) in [5, 5.41) is 5.26. The molecule has 8 heteroatoms. The first-order valence-corrected chi connectivity index (χ1v) is 8.72. The smallest absolute Gasteiger partial charge is 0.407 e. The normalized spacial score (nSPS) is 11.9. The zero-order valence-electron chi connectivity index (χ0n) is 16.6. The van der Waals surface area contributed by atoms with Gasteiger partial charge in [-0.25, -0.2) is 9.59 Å². The molecule has 0 aliphatic heterocycles. The number of alkyl carbamates (subject to hydrolysis) is 2. The highest BCUT2D eigenvalue weighted by molar-refractivity contribution is 5.73. The number of carbonyl (C=O) groups is 3. The molecule has 0 aromatic heterocycles. The van der Waals surface area contributed by atoms with E-state index in [1.165, 1.54) is 11.8 Å². The molecule has 3 amide bonds. The fourth-order valence-corrected chi connectivity index (χ4v) is 2.08. The van der Waals surface area contributed by atoms with E-state index >= 15 is 0 Å². The lowest BCUT2D eigenvalue weighted by atomic mass is 10.2. The molecular weight excluding hydrogens is 350 g/mol. The Morgan fingerprint density at radius 1 is 1.11 bits per heavy atom. The largest absolute Gasteiger partial charge is 0.445 e. The Hall–Kier alpha value is -2.77. The van der Waals surface area contributed by atoms with Crippen molar-refractivity contribution in [3.05, 3.63) is 35.9 Å². The molecule has 0 heterocycles. The third-order valence-electron chi connectivity index (χ3n) is 3.46. The highest BCUT2D eigenvalue weighted by atomic mass is 16.6. The zero-order valence-corrected chi connectivity index (χ0v) is 16.6. The Kier molecular flexibility index (Phi) is 8.58. The van der Waals surface area contributed by atoms with Crippen LogP contribution in [0.3, 0.4) is 0 Å². The molecule has 0 radical (unpaired) electrons. The van der Waals surface area contributed by atoms with Crippen molar-refractivity contribution in [1.82, 2.24) is 15.5 Å². The van der Waals surface area contributed by atoms with E-state index in [1.54, 1.807) is 27.8 Å². The summed E-state index contributed by atoms with van der Waals surface area (Å²) >= 11 is 0. The predicted octanol–water partition coefficient (Wildman–Crippen LogP) is 2.28. The average Bonchev–Trinajstić information content (AvgIpc) is 2.56. The van der Waals surface area contributed by atoms with Crippen LogP contribution in [0.25, 0.3) is 0 Å². The van der Waals surface area contributed by atoms with E-state index < -0.39 is 23.8 Å². The van der Waals surface area contributed by atoms with Crippen LogP contribution in [0, 0.1) is 0 Å². The molecule has 0 fully saturated rings. The van der Waals surface area contributed by atoms with Gasteiger partial charge in [0.25, 0.3) is 0 Å². The fraction of sp³-hybridized carbons (Fsp3) is 0.526. The maximum atomic E-state index is 12.0. The van der Waals surface area contributed by atoms with Gasteiger partial charge in [-0.2, -0.15) is 0 Å². The first kappa shape index (κ1) is 22.3. The molecule has 1 rings (SSSR count). The summed E-state index contributed by atoms with van der Waals surface area (Å²) in [5.74, 6) is -0.155. The number of nitrogens with zero attached hydrogens (tertiary/aromatic N) is 1. The first-order chi connectivity index (χ1) is 12.6. The summed E-state index contributed by atoms with van der Waals surface area (Å²) in [7, 11) is 1.61. The SMILES string of the molecule is CC(=O)N(C)C[C@H](CNC(=O)OCc1ccccc1)NC(=O)OC(C)(C)C. The van der Waals surface area contributed by atoms with Gasteiger partial charge in [-0.15, -0.1) is 0 Å². The van der Waals surface area contributed by atoms with Crippen molar-refractivity contribution >= 4 is 18.1 Å². The summed E-state index contributed by atoms with van der Waals surface area (Å²) in [6.45, 7) is 7.13. The average molecular weight is 379 g/mol. The molecule has 2 N–H and O–H groups in total. The quantitative estimate of drug-likeness (QED) is 0.758. The van der Waals surface area contributed by atoms with Gasteiger partial charge in [0, 0.05) is 27.1 Å². The summed E-state index contributed by atoms with van der Waals surface area (Å²) in [5.41, 5.74) is 0.218. The zero-order chi connectivity index (χ0) is 20.4. The number of likely N-dealkylation sites (N-methyl/N-ethyl adjacent to an activating group) is 1. The lowest BCUT2D eigenvalue weighted by Gasteiger charge is -2.26. The van der Waals surface area contributed by atoms with Crippen molar-refractivity contribution in [2.24, 2.45) is 0 Å². The molecule has 0 saturated carbocycles. The number of nitrogens with one attached hydrogen (secondary N) is 2. The van der Waals surface area contributed by atoms with Gasteiger partial charge in [-0.1, -0.05) is 30.3 Å². The Morgan fingerprint density at radius 2 is 1.74 bits per heavy atom. The second kappa shape index (κ2) is 10.4. The number of hydrogen-bond acceptors (Lipinski definition) is 5. The van der Waals surface area contributed by atoms with E-state index in [1.807, 2.05) is 30.3 Å². The number of rotatable bonds is 7. The minimum absolute atomic E-state index is 0.0878. The second-order valence-electron chi connectivity index (χ2n) is 7.19. The highest BCUT2D eigenvalue weighted by Crippen LogP contribution is 2.07. The molecule has 150 valence electrons. The van der Waals surface area contributed by atoms with Crippen LogP contribution in [0.5, 0.6) is 0 Å². The van der Waals surface area contributed by atoms with E-state index in [0.717, 1.165) is 5.56 Å². The minimum atomic E-state index is -0.650. The molecule has 0 bridgehead atoms. The third-order valence-corrected chi connectivity index (χ3v) is 3.46. The van der Waals surface area contributed by atoms with Gasteiger partial charge in [-0.05, 0) is 26.3 Å². The summed E-state index contributed by atoms with van der Waals surface area (Å²) in [4.78, 5) is 36.8. The number of carbonyl (C=O) groups excluding carboxylic acids is 3. The second-order valence-corrected chi connectivity index (χ2v) is 7.19. The van der Waals surface area contributed by atoms with Crippen LogP contribution < -0.4 is 10.6 Å². The number of ether oxygens (including phenoxy) is 2. The topological polar surface area (TPSA) is 97.0 Å². The molecule has 0 spiro atoms. The van der Waals surface area contributed by atoms with Crippen LogP contribution >= 0.6 is 0 Å². The number of benzene rings is 1. The third kappa shape index (κ3) is 10.1. The Labute approximate surface area is 160 Å². The standard InChI is InChI=1S/C19H29N3O5/c1-14(23)22(5)12-16(21-18(25)27-19(2,3)4)11-20-17(24)26-13-15-9-7-6-8-10-15/h6-10,16H,11-13H2,1-5H3,(H,20,24)(H,21,25)/t16-/m0/s1. The molecule has 8 nitrogen and oxygen atoms in total. The summed E-state index contributed by atoms with van der Waals surface area (Å²) in [6.07, 6.45) is -1.23. The lowest BCUT2D eigenvalue weighted by Crippen LogP contribution is -2.51. The molecule has 0 unspecified atom stereocenters. The minimum Gasteiger partial charge on any atom is -0.445 e. The molecule has 1 atom stereocenters. The Balaban J connectivity index is 2.54. The van der Waals surface area contributed by atoms with Gasteiger partial charge in [0.2, 0.25) is 5.91 Å². The van der Waals surface area contributed by atoms with Crippen molar-refractivity contribution in [1.29, 1.82) is 0 Å². The molecular formula is C19H29N3O5. The predicted molar refractivity (Wildman–Crippen MR) is 101 cm³/mol. The van der Waals surface area contributed by atoms with Gasteiger partial charge < -0.3 is 25.0 Å². The van der Waals surface area contributed by atoms with Crippen LogP contribution in [0.1, 0.15) is 33.3 Å². The summed E-state index contributed by atoms with van der Waals surface area (Å²) in [6, 6.07) is 8.76. The van der Waals surface area contributed by atoms with Crippen LogP contribution in [-0.4, -0.2) is 54.8 Å². The van der Waals surface area contributed by atoms with E-state index in [9.17, 15) is 14.4 Å². The Morgan fingerprint density at radius 3 is 2.30 bits per heavy atom. The number of hydrogen-bond donors (Lipinski definition) is 2. The van der Waals surface area contributed by atoms with E-state index in [4.69, 9.17) is 9.47 Å². The van der Waals surface area contributed by atoms with Crippen molar-refractivity contribution in [2.45, 2.75) is 45.9 Å². The van der Waals surface area contributed by atoms with Crippen molar-refractivity contribution in [3.63, 3.8) is 0 Å². The van der Waals surface area contributed by atoms with Gasteiger partial charge >= 0.3 is 12.2 Å². The van der Waals surface area contributed by atoms with E-state index in [-0.39, 0.29) is 25.6 Å². The van der Waals surface area contributed by atoms with Gasteiger partial charge in [-0.3, -0.25) is 4.79 Å². The van der Waals surface area contributed by atoms with Gasteiger partial charge in [0.15, 0.2) is 0 Å². The van der Waals surface area contributed by atoms with Gasteiger partial charge in [0.1, 0.15) is 12.2 Å². The van der Waals surface area contributed by atoms with Crippen LogP contribution in [-0.2, 0) is 20.9 Å². The molecule has 0 aliphatic rings. The molecule has 0 saturated heterocycles. The van der Waals surface area contributed by atoms with Crippen molar-refractivity contribution in [3.8, 4) is 0 Å².